The van der Waals surface area contributed by atoms with Gasteiger partial charge in [0.15, 0.2) is 0 Å². The number of rotatable bonds is 2. The zero-order valence-electron chi connectivity index (χ0n) is 8.62. The van der Waals surface area contributed by atoms with Gasteiger partial charge in [-0.05, 0) is 36.7 Å². The molecular formula is C11H10N2O2S. The number of anilines is 2. The van der Waals surface area contributed by atoms with Gasteiger partial charge in [0.2, 0.25) is 0 Å². The molecule has 0 aliphatic heterocycles. The highest BCUT2D eigenvalue weighted by molar-refractivity contribution is 7.10. The topological polar surface area (TPSA) is 53.4 Å². The molecule has 0 unspecified atom stereocenters. The van der Waals surface area contributed by atoms with Crippen LogP contribution >= 0.6 is 11.5 Å². The molecule has 1 aromatic heterocycles. The summed E-state index contributed by atoms with van der Waals surface area (Å²) in [6.45, 7) is 1.84. The lowest BCUT2D eigenvalue weighted by Crippen LogP contribution is -2.22. The Kier molecular flexibility index (Phi) is 2.87. The average Bonchev–Trinajstić information content (AvgIpc) is 2.66. The van der Waals surface area contributed by atoms with E-state index in [9.17, 15) is 9.90 Å². The zero-order valence-corrected chi connectivity index (χ0v) is 9.44. The summed E-state index contributed by atoms with van der Waals surface area (Å²) in [7, 11) is 0. The fraction of sp³-hybridized carbons (Fsp3) is 0.0909. The number of carbonyl (C=O) groups is 1. The van der Waals surface area contributed by atoms with E-state index < -0.39 is 6.09 Å². The van der Waals surface area contributed by atoms with E-state index >= 15 is 0 Å². The third-order valence-corrected chi connectivity index (χ3v) is 2.91. The van der Waals surface area contributed by atoms with Crippen molar-refractivity contribution >= 4 is 28.3 Å². The van der Waals surface area contributed by atoms with E-state index in [1.165, 1.54) is 16.4 Å². The fourth-order valence-corrected chi connectivity index (χ4v) is 2.14. The van der Waals surface area contributed by atoms with E-state index in [-0.39, 0.29) is 0 Å². The molecule has 0 saturated carbocycles. The first-order valence-electron chi connectivity index (χ1n) is 4.70. The molecule has 0 saturated heterocycles. The molecule has 2 aromatic rings. The third-order valence-electron chi connectivity index (χ3n) is 2.04. The van der Waals surface area contributed by atoms with Crippen LogP contribution < -0.4 is 4.90 Å². The molecule has 0 aliphatic carbocycles. The lowest BCUT2D eigenvalue weighted by atomic mass is 10.3. The Morgan fingerprint density at radius 2 is 2.06 bits per heavy atom. The summed E-state index contributed by atoms with van der Waals surface area (Å²) in [6.07, 6.45) is -1.00. The smallest absolute Gasteiger partial charge is 0.417 e. The maximum atomic E-state index is 11.2. The standard InChI is InChI=1S/C11H10N2O2S/c1-8-7-10(16-12-8)13(11(14)15)9-5-3-2-4-6-9/h2-7H,1H3,(H,14,15). The van der Waals surface area contributed by atoms with E-state index in [4.69, 9.17) is 0 Å². The Morgan fingerprint density at radius 3 is 2.56 bits per heavy atom. The van der Waals surface area contributed by atoms with Gasteiger partial charge in [-0.15, -0.1) is 0 Å². The summed E-state index contributed by atoms with van der Waals surface area (Å²) in [5.74, 6) is 0. The number of hydrogen-bond acceptors (Lipinski definition) is 3. The highest BCUT2D eigenvalue weighted by Gasteiger charge is 2.18. The first-order valence-corrected chi connectivity index (χ1v) is 5.47. The van der Waals surface area contributed by atoms with Crippen LogP contribution in [0.2, 0.25) is 0 Å². The van der Waals surface area contributed by atoms with Gasteiger partial charge in [-0.2, -0.15) is 4.37 Å². The second kappa shape index (κ2) is 4.32. The molecule has 0 spiro atoms. The van der Waals surface area contributed by atoms with E-state index in [0.717, 1.165) is 5.69 Å². The van der Waals surface area contributed by atoms with Crippen molar-refractivity contribution in [3.05, 3.63) is 42.1 Å². The van der Waals surface area contributed by atoms with Gasteiger partial charge in [0, 0.05) is 0 Å². The van der Waals surface area contributed by atoms with Gasteiger partial charge in [0.25, 0.3) is 0 Å². The predicted molar refractivity (Wildman–Crippen MR) is 63.5 cm³/mol. The van der Waals surface area contributed by atoms with Crippen LogP contribution in [-0.4, -0.2) is 15.6 Å². The first-order chi connectivity index (χ1) is 7.68. The highest BCUT2D eigenvalue weighted by Crippen LogP contribution is 2.29. The second-order valence-corrected chi connectivity index (χ2v) is 4.04. The number of aromatic nitrogens is 1. The van der Waals surface area contributed by atoms with Crippen molar-refractivity contribution < 1.29 is 9.90 Å². The van der Waals surface area contributed by atoms with Crippen LogP contribution in [0.15, 0.2) is 36.4 Å². The zero-order chi connectivity index (χ0) is 11.5. The van der Waals surface area contributed by atoms with Gasteiger partial charge in [0.05, 0.1) is 11.4 Å². The quantitative estimate of drug-likeness (QED) is 0.867. The monoisotopic (exact) mass is 234 g/mol. The molecule has 0 radical (unpaired) electrons. The minimum atomic E-state index is -1.00. The first kappa shape index (κ1) is 10.6. The molecule has 0 bridgehead atoms. The largest absolute Gasteiger partial charge is 0.464 e. The number of benzene rings is 1. The number of carboxylic acid groups (broad SMARTS) is 1. The van der Waals surface area contributed by atoms with Gasteiger partial charge < -0.3 is 5.11 Å². The van der Waals surface area contributed by atoms with E-state index in [0.29, 0.717) is 10.7 Å². The van der Waals surface area contributed by atoms with Crippen LogP contribution in [-0.2, 0) is 0 Å². The summed E-state index contributed by atoms with van der Waals surface area (Å²) in [6, 6.07) is 10.7. The minimum absolute atomic E-state index is 0.608. The average molecular weight is 234 g/mol. The Morgan fingerprint density at radius 1 is 1.38 bits per heavy atom. The molecule has 1 aromatic carbocycles. The molecule has 0 atom stereocenters. The van der Waals surface area contributed by atoms with Gasteiger partial charge in [0.1, 0.15) is 5.00 Å². The molecule has 1 heterocycles. The lowest BCUT2D eigenvalue weighted by molar-refractivity contribution is 0.205. The van der Waals surface area contributed by atoms with Crippen LogP contribution in [0, 0.1) is 6.92 Å². The van der Waals surface area contributed by atoms with Crippen LogP contribution in [0.5, 0.6) is 0 Å². The van der Waals surface area contributed by atoms with E-state index in [1.807, 2.05) is 13.0 Å². The molecule has 2 rings (SSSR count). The molecule has 4 nitrogen and oxygen atoms in total. The molecule has 0 fully saturated rings. The summed E-state index contributed by atoms with van der Waals surface area (Å²) < 4.78 is 4.08. The van der Waals surface area contributed by atoms with Crippen molar-refractivity contribution in [3.8, 4) is 0 Å². The van der Waals surface area contributed by atoms with Crippen molar-refractivity contribution in [1.29, 1.82) is 0 Å². The highest BCUT2D eigenvalue weighted by atomic mass is 32.1. The number of nitrogens with zero attached hydrogens (tertiary/aromatic N) is 2. The Labute approximate surface area is 96.9 Å². The predicted octanol–water partition coefficient (Wildman–Crippen LogP) is 3.27. The summed E-state index contributed by atoms with van der Waals surface area (Å²) in [5.41, 5.74) is 1.45. The van der Waals surface area contributed by atoms with Gasteiger partial charge in [-0.1, -0.05) is 18.2 Å². The molecular weight excluding hydrogens is 224 g/mol. The van der Waals surface area contributed by atoms with Crippen LogP contribution in [0.3, 0.4) is 0 Å². The number of hydrogen-bond donors (Lipinski definition) is 1. The third kappa shape index (κ3) is 2.04. The SMILES string of the molecule is Cc1cc(N(C(=O)O)c2ccccc2)sn1. The van der Waals surface area contributed by atoms with E-state index in [1.54, 1.807) is 30.3 Å². The van der Waals surface area contributed by atoms with Crippen molar-refractivity contribution in [2.24, 2.45) is 0 Å². The van der Waals surface area contributed by atoms with Crippen LogP contribution in [0.4, 0.5) is 15.5 Å². The van der Waals surface area contributed by atoms with Crippen LogP contribution in [0.1, 0.15) is 5.69 Å². The maximum Gasteiger partial charge on any atom is 0.417 e. The number of amides is 1. The molecule has 82 valence electrons. The second-order valence-electron chi connectivity index (χ2n) is 3.26. The van der Waals surface area contributed by atoms with E-state index in [2.05, 4.69) is 4.37 Å². The van der Waals surface area contributed by atoms with Crippen molar-refractivity contribution in [1.82, 2.24) is 4.37 Å². The summed E-state index contributed by atoms with van der Waals surface area (Å²) in [5, 5.41) is 9.80. The van der Waals surface area contributed by atoms with Gasteiger partial charge in [-0.3, -0.25) is 0 Å². The summed E-state index contributed by atoms with van der Waals surface area (Å²) in [4.78, 5) is 12.4. The molecule has 0 aliphatic rings. The Hall–Kier alpha value is -1.88. The maximum absolute atomic E-state index is 11.2. The summed E-state index contributed by atoms with van der Waals surface area (Å²) >= 11 is 1.18. The molecule has 16 heavy (non-hydrogen) atoms. The molecule has 5 heteroatoms. The fourth-order valence-electron chi connectivity index (χ4n) is 1.36. The number of aryl methyl sites for hydroxylation is 1. The van der Waals surface area contributed by atoms with Crippen molar-refractivity contribution in [2.45, 2.75) is 6.92 Å². The Balaban J connectivity index is 2.43. The normalized spacial score (nSPS) is 10.1. The minimum Gasteiger partial charge on any atom is -0.464 e. The van der Waals surface area contributed by atoms with Crippen molar-refractivity contribution in [3.63, 3.8) is 0 Å². The molecule has 1 N–H and O–H groups in total. The van der Waals surface area contributed by atoms with Gasteiger partial charge in [-0.25, -0.2) is 9.69 Å². The Bertz CT molecular complexity index is 496. The molecule has 1 amide bonds. The van der Waals surface area contributed by atoms with Crippen LogP contribution in [0.25, 0.3) is 0 Å². The van der Waals surface area contributed by atoms with Crippen molar-refractivity contribution in [2.75, 3.05) is 4.90 Å². The lowest BCUT2D eigenvalue weighted by Gasteiger charge is -2.16. The number of para-hydroxylation sites is 1. The van der Waals surface area contributed by atoms with Gasteiger partial charge >= 0.3 is 6.09 Å².